The predicted molar refractivity (Wildman–Crippen MR) is 418 cm³/mol. The van der Waals surface area contributed by atoms with Crippen LogP contribution in [0, 0.1) is 0 Å². The number of fused-ring (bicyclic) bond motifs is 12. The van der Waals surface area contributed by atoms with Crippen LogP contribution >= 0.6 is 0 Å². The summed E-state index contributed by atoms with van der Waals surface area (Å²) in [6.45, 7) is 18.8. The first-order valence-electron chi connectivity index (χ1n) is 43.8. The number of benzene rings is 13. The summed E-state index contributed by atoms with van der Waals surface area (Å²) in [5.74, 6) is -1.59. The molecule has 2 aliphatic rings. The first kappa shape index (κ1) is 40.8. The van der Waals surface area contributed by atoms with Crippen LogP contribution in [0.5, 0.6) is 0 Å². The molecule has 0 bridgehead atoms. The van der Waals surface area contributed by atoms with Crippen LogP contribution in [0.25, 0.3) is 108 Å². The zero-order valence-corrected chi connectivity index (χ0v) is 57.0. The van der Waals surface area contributed by atoms with Crippen molar-refractivity contribution in [1.29, 1.82) is 0 Å². The summed E-state index contributed by atoms with van der Waals surface area (Å²) in [7, 11) is 0. The predicted octanol–water partition coefficient (Wildman–Crippen LogP) is 25.4. The van der Waals surface area contributed by atoms with Gasteiger partial charge in [0.05, 0.1) is 22.0 Å². The van der Waals surface area contributed by atoms with Gasteiger partial charge in [-0.25, -0.2) is 0 Å². The Morgan fingerprint density at radius 1 is 0.347 bits per heavy atom. The van der Waals surface area contributed by atoms with E-state index in [1.165, 1.54) is 4.57 Å². The van der Waals surface area contributed by atoms with Crippen molar-refractivity contribution in [3.05, 3.63) is 324 Å². The summed E-state index contributed by atoms with van der Waals surface area (Å²) in [6.07, 6.45) is 0. The molecule has 1 unspecified atom stereocenters. The van der Waals surface area contributed by atoms with E-state index in [0.717, 1.165) is 15.7 Å². The van der Waals surface area contributed by atoms with E-state index in [-0.39, 0.29) is 75.3 Å². The van der Waals surface area contributed by atoms with Gasteiger partial charge in [0.1, 0.15) is 0 Å². The van der Waals surface area contributed by atoms with Gasteiger partial charge in [-0.3, -0.25) is 0 Å². The van der Waals surface area contributed by atoms with E-state index in [4.69, 9.17) is 5.48 Å². The maximum atomic E-state index is 11.8. The molecule has 0 saturated heterocycles. The third-order valence-electron chi connectivity index (χ3n) is 19.3. The molecule has 0 radical (unpaired) electrons. The minimum atomic E-state index is -1.59. The van der Waals surface area contributed by atoms with Crippen molar-refractivity contribution < 1.29 is 30.2 Å². The van der Waals surface area contributed by atoms with Crippen LogP contribution in [0.1, 0.15) is 132 Å². The van der Waals surface area contributed by atoms with Crippen molar-refractivity contribution in [3.8, 4) is 55.9 Å². The molecule has 13 aromatic carbocycles. The molecule has 0 N–H and O–H groups in total. The zero-order valence-electron chi connectivity index (χ0n) is 77.3. The Kier molecular flexibility index (Phi) is 9.34. The van der Waals surface area contributed by atoms with Crippen molar-refractivity contribution in [2.75, 3.05) is 9.80 Å². The molecular formula is C93H76N4Se. The van der Waals surface area contributed by atoms with E-state index in [0.29, 0.717) is 78.4 Å². The van der Waals surface area contributed by atoms with E-state index < -0.39 is 180 Å². The van der Waals surface area contributed by atoms with Crippen molar-refractivity contribution in [2.24, 2.45) is 0 Å². The molecule has 0 aliphatic carbocycles. The van der Waals surface area contributed by atoms with Crippen molar-refractivity contribution in [1.82, 2.24) is 9.13 Å². The average Bonchev–Trinajstić information content (AvgIpc) is 0.954. The van der Waals surface area contributed by atoms with E-state index in [1.807, 2.05) is 164 Å². The first-order valence-corrected chi connectivity index (χ1v) is 34.5. The molecule has 5 heterocycles. The molecule has 98 heavy (non-hydrogen) atoms. The van der Waals surface area contributed by atoms with Gasteiger partial charge in [-0.2, -0.15) is 0 Å². The molecular weight excluding hydrogens is 1250 g/mol. The Morgan fingerprint density at radius 2 is 0.694 bits per heavy atom. The summed E-state index contributed by atoms with van der Waals surface area (Å²) < 4.78 is 223. The Hall–Kier alpha value is -10.7. The van der Waals surface area contributed by atoms with Gasteiger partial charge < -0.3 is 0 Å². The van der Waals surface area contributed by atoms with Gasteiger partial charge in [0, 0.05) is 10.8 Å². The topological polar surface area (TPSA) is 16.3 Å². The Balaban J connectivity index is 1.13. The third kappa shape index (κ3) is 9.45. The van der Waals surface area contributed by atoms with E-state index >= 15 is 0 Å². The van der Waals surface area contributed by atoms with Crippen molar-refractivity contribution >= 4 is 101 Å². The Bertz CT molecular complexity index is 7040. The fraction of sp³-hybridized carbons (Fsp3) is 0.140. The van der Waals surface area contributed by atoms with E-state index in [1.54, 1.807) is 0 Å². The van der Waals surface area contributed by atoms with Gasteiger partial charge in [0.25, 0.3) is 0 Å². The molecule has 5 heteroatoms. The summed E-state index contributed by atoms with van der Waals surface area (Å²) in [5.41, 5.74) is 5.36. The standard InChI is InChI=1S/C93H76N4Se/c1-91(2,3)62-50-73(58-30-14-10-15-31-58)88(74(51-62)59-32-16-11-17-33-59)96-80-56-65(94-77-42-26-22-38-67(77)68-39-23-27-43-78(68)94)46-48-70(80)85-71-49-47-66(95-79-44-28-24-40-69(79)86-72-41-25-29-45-84(72)98-90(86)95)57-81(71)97(83-55-64(93(7,8)9)54-82(96)87(83)85)89-75(60-34-18-12-19-35-60)52-63(92(4,5)6)53-76(89)61-36-20-13-21-37-61/h10-57,85H,1-9H3/i22D,23D,24D,25D,26D,27D,28D,29D,38D,39D,40D,41D,42D,43D,44D,45D,46D,47D,48D,49D,56D,57D. The first-order chi connectivity index (χ1) is 56.7. The normalized spacial score (nSPS) is 17.0. The minimum absolute atomic E-state index is 0.00717. The number of anilines is 6. The van der Waals surface area contributed by atoms with E-state index in [2.05, 4.69) is 65.8 Å². The van der Waals surface area contributed by atoms with Crippen LogP contribution in [0.4, 0.5) is 34.1 Å². The molecule has 4 nitrogen and oxygen atoms in total. The van der Waals surface area contributed by atoms with Gasteiger partial charge in [-0.15, -0.1) is 0 Å². The molecule has 0 saturated carbocycles. The average molecular weight is 1350 g/mol. The summed E-state index contributed by atoms with van der Waals surface area (Å²) in [5, 5.41) is -0.772. The summed E-state index contributed by atoms with van der Waals surface area (Å²) in [4.78, 5) is 3.86. The summed E-state index contributed by atoms with van der Waals surface area (Å²) in [6, 6.07) is 37.3. The Morgan fingerprint density at radius 3 is 1.10 bits per heavy atom. The quantitative estimate of drug-likeness (QED) is 0.141. The van der Waals surface area contributed by atoms with Gasteiger partial charge in [-0.1, -0.05) is 118 Å². The van der Waals surface area contributed by atoms with Crippen LogP contribution < -0.4 is 9.80 Å². The molecule has 2 aliphatic heterocycles. The van der Waals surface area contributed by atoms with Crippen LogP contribution in [0.2, 0.25) is 0 Å². The monoisotopic (exact) mass is 1350 g/mol. The Labute approximate surface area is 611 Å². The number of nitrogens with zero attached hydrogens (tertiary/aromatic N) is 4. The number of rotatable bonds is 8. The van der Waals surface area contributed by atoms with Crippen LogP contribution in [-0.2, 0) is 16.2 Å². The van der Waals surface area contributed by atoms with Gasteiger partial charge in [-0.05, 0) is 46.3 Å². The second-order valence-electron chi connectivity index (χ2n) is 28.4. The van der Waals surface area contributed by atoms with Gasteiger partial charge in [0.15, 0.2) is 0 Å². The second kappa shape index (κ2) is 22.4. The van der Waals surface area contributed by atoms with E-state index in [9.17, 15) is 24.7 Å². The zero-order chi connectivity index (χ0) is 85.7. The molecule has 3 aromatic heterocycles. The second-order valence-corrected chi connectivity index (χ2v) is 30.5. The fourth-order valence-corrected chi connectivity index (χ4v) is 16.8. The van der Waals surface area contributed by atoms with Crippen molar-refractivity contribution in [3.63, 3.8) is 0 Å². The molecule has 474 valence electrons. The van der Waals surface area contributed by atoms with Crippen LogP contribution in [0.3, 0.4) is 0 Å². The molecule has 18 rings (SSSR count). The van der Waals surface area contributed by atoms with Crippen molar-refractivity contribution in [2.45, 2.75) is 84.5 Å². The number of hydrogen-bond acceptors (Lipinski definition) is 2. The SMILES string of the molecule is [2H]c1c([2H])c(-n2c3[se]c4c([2H])c([2H])c([2H])c([2H])c4c3c3c([2H])c([2H])c([2H])c([2H])c32)c([2H])c2c1C1c3c(cc(C(C)(C)C)cc3N(c3c(-c4ccccc4)cc(C(C)(C)C)cc3-c3ccccc3)c3c([2H])c(-n4c5c([2H])c([2H])c([2H])c([2H])c5c5c([2H])c([2H])c([2H])c([2H])c54)c([2H])c([2H])c31)N2c1c(-c2ccccc2)cc(C(C)(C)C)cc1-c1ccccc1. The fourth-order valence-electron chi connectivity index (χ4n) is 14.4. The van der Waals surface area contributed by atoms with Crippen LogP contribution in [-0.4, -0.2) is 23.6 Å². The molecule has 0 fully saturated rings. The molecule has 0 amide bonds. The number of para-hydroxylation sites is 3. The maximum absolute atomic E-state index is 11.8. The molecule has 16 aromatic rings. The number of aromatic nitrogens is 2. The van der Waals surface area contributed by atoms with Gasteiger partial charge >= 0.3 is 417 Å². The van der Waals surface area contributed by atoms with Crippen LogP contribution in [0.15, 0.2) is 291 Å². The third-order valence-corrected chi connectivity index (χ3v) is 21.6. The summed E-state index contributed by atoms with van der Waals surface area (Å²) >= 11 is -1.21. The van der Waals surface area contributed by atoms with Gasteiger partial charge in [0.2, 0.25) is 0 Å². The molecule has 1 atom stereocenters. The molecule has 0 spiro atoms. The number of hydrogen-bond donors (Lipinski definition) is 0.